The lowest BCUT2D eigenvalue weighted by atomic mass is 10.1. The van der Waals surface area contributed by atoms with Gasteiger partial charge in [0, 0.05) is 39.4 Å². The molecule has 3 heterocycles. The molecule has 0 aliphatic carbocycles. The van der Waals surface area contributed by atoms with E-state index in [0.29, 0.717) is 43.1 Å². The van der Waals surface area contributed by atoms with Crippen molar-refractivity contribution in [3.8, 4) is 11.1 Å². The number of halogens is 1. The summed E-state index contributed by atoms with van der Waals surface area (Å²) in [6.45, 7) is 4.74. The summed E-state index contributed by atoms with van der Waals surface area (Å²) in [4.78, 5) is 17.9. The maximum Gasteiger partial charge on any atom is 0.270 e. The fourth-order valence-corrected chi connectivity index (χ4v) is 5.96. The number of sulfonamides is 1. The Morgan fingerprint density at radius 3 is 2.44 bits per heavy atom. The van der Waals surface area contributed by atoms with Crippen molar-refractivity contribution in [3.05, 3.63) is 59.4 Å². The molecule has 1 amide bonds. The Labute approximate surface area is 186 Å². The molecule has 1 N–H and O–H groups in total. The number of H-pyrrole nitrogens is 1. The topological polar surface area (TPSA) is 91.3 Å². The van der Waals surface area contributed by atoms with Crippen LogP contribution in [0.5, 0.6) is 0 Å². The lowest BCUT2D eigenvalue weighted by Crippen LogP contribution is -2.37. The summed E-state index contributed by atoms with van der Waals surface area (Å²) >= 11 is 0. The maximum absolute atomic E-state index is 13.3. The van der Waals surface area contributed by atoms with Crippen molar-refractivity contribution in [2.45, 2.75) is 25.2 Å². The molecule has 0 radical (unpaired) electrons. The quantitative estimate of drug-likeness (QED) is 0.650. The zero-order valence-corrected chi connectivity index (χ0v) is 19.1. The smallest absolute Gasteiger partial charge is 0.270 e. The molecular weight excluding hydrogens is 433 g/mol. The van der Waals surface area contributed by atoms with Crippen LogP contribution in [0.2, 0.25) is 0 Å². The van der Waals surface area contributed by atoms with Gasteiger partial charge in [-0.3, -0.25) is 9.48 Å². The monoisotopic (exact) mass is 459 g/mol. The van der Waals surface area contributed by atoms with Crippen molar-refractivity contribution >= 4 is 15.9 Å². The molecule has 0 unspecified atom stereocenters. The van der Waals surface area contributed by atoms with E-state index in [1.807, 2.05) is 0 Å². The van der Waals surface area contributed by atoms with Crippen LogP contribution in [0, 0.1) is 19.7 Å². The van der Waals surface area contributed by atoms with Gasteiger partial charge in [-0.1, -0.05) is 12.1 Å². The van der Waals surface area contributed by atoms with Gasteiger partial charge in [0.1, 0.15) is 16.4 Å². The fraction of sp³-hybridized carbons (Fsp3) is 0.364. The zero-order chi connectivity index (χ0) is 23.0. The highest BCUT2D eigenvalue weighted by atomic mass is 32.2. The van der Waals surface area contributed by atoms with Crippen LogP contribution >= 0.6 is 0 Å². The zero-order valence-electron chi connectivity index (χ0n) is 18.3. The third-order valence-electron chi connectivity index (χ3n) is 5.87. The van der Waals surface area contributed by atoms with Gasteiger partial charge in [0.25, 0.3) is 5.91 Å². The molecule has 1 fully saturated rings. The molecule has 0 spiro atoms. The molecule has 3 aromatic rings. The summed E-state index contributed by atoms with van der Waals surface area (Å²) < 4.78 is 42.7. The second kappa shape index (κ2) is 8.51. The Hall–Kier alpha value is -2.98. The van der Waals surface area contributed by atoms with Crippen LogP contribution < -0.4 is 0 Å². The van der Waals surface area contributed by atoms with Crippen LogP contribution in [0.25, 0.3) is 11.1 Å². The lowest BCUT2D eigenvalue weighted by molar-refractivity contribution is 0.0759. The maximum atomic E-state index is 13.3. The third-order valence-corrected chi connectivity index (χ3v) is 8.03. The number of amides is 1. The number of nitrogens with one attached hydrogen (secondary N) is 1. The van der Waals surface area contributed by atoms with Crippen molar-refractivity contribution in [2.75, 3.05) is 26.2 Å². The van der Waals surface area contributed by atoms with Gasteiger partial charge in [0.2, 0.25) is 10.0 Å². The summed E-state index contributed by atoms with van der Waals surface area (Å²) in [5.74, 6) is -0.507. The van der Waals surface area contributed by atoms with E-state index in [9.17, 15) is 17.6 Å². The van der Waals surface area contributed by atoms with Crippen LogP contribution in [0.4, 0.5) is 4.39 Å². The number of aryl methyl sites for hydroxylation is 2. The third kappa shape index (κ3) is 4.07. The highest BCUT2D eigenvalue weighted by molar-refractivity contribution is 7.89. The largest absolute Gasteiger partial charge is 0.357 e. The Morgan fingerprint density at radius 1 is 1.06 bits per heavy atom. The number of carbonyl (C=O) groups is 1. The Bertz CT molecular complexity index is 1250. The molecule has 170 valence electrons. The van der Waals surface area contributed by atoms with Gasteiger partial charge >= 0.3 is 0 Å². The first kappa shape index (κ1) is 22.2. The summed E-state index contributed by atoms with van der Waals surface area (Å²) in [7, 11) is -1.98. The van der Waals surface area contributed by atoms with Gasteiger partial charge in [-0.05, 0) is 49.6 Å². The normalized spacial score (nSPS) is 15.7. The van der Waals surface area contributed by atoms with E-state index in [0.717, 1.165) is 11.1 Å². The average Bonchev–Trinajstić information content (AvgIpc) is 3.23. The van der Waals surface area contributed by atoms with Crippen molar-refractivity contribution < 1.29 is 17.6 Å². The van der Waals surface area contributed by atoms with E-state index in [1.54, 1.807) is 54.9 Å². The van der Waals surface area contributed by atoms with Crippen LogP contribution in [0.1, 0.15) is 28.3 Å². The van der Waals surface area contributed by atoms with E-state index in [-0.39, 0.29) is 23.2 Å². The number of benzene rings is 1. The summed E-state index contributed by atoms with van der Waals surface area (Å²) in [6.07, 6.45) is 2.25. The van der Waals surface area contributed by atoms with E-state index < -0.39 is 10.0 Å². The van der Waals surface area contributed by atoms with Gasteiger partial charge in [-0.25, -0.2) is 12.8 Å². The minimum Gasteiger partial charge on any atom is -0.357 e. The van der Waals surface area contributed by atoms with Gasteiger partial charge in [-0.2, -0.15) is 9.40 Å². The predicted octanol–water partition coefficient (Wildman–Crippen LogP) is 2.71. The molecule has 2 aromatic heterocycles. The minimum atomic E-state index is -3.70. The van der Waals surface area contributed by atoms with E-state index in [2.05, 4.69) is 10.1 Å². The summed E-state index contributed by atoms with van der Waals surface area (Å²) in [5.41, 5.74) is 3.08. The molecule has 8 nitrogen and oxygen atoms in total. The van der Waals surface area contributed by atoms with Crippen molar-refractivity contribution in [3.63, 3.8) is 0 Å². The van der Waals surface area contributed by atoms with E-state index in [4.69, 9.17) is 0 Å². The molecule has 4 rings (SSSR count). The number of aromatic amines is 1. The van der Waals surface area contributed by atoms with Crippen molar-refractivity contribution in [1.29, 1.82) is 0 Å². The molecule has 1 saturated heterocycles. The van der Waals surface area contributed by atoms with Gasteiger partial charge in [-0.15, -0.1) is 0 Å². The van der Waals surface area contributed by atoms with Crippen LogP contribution in [0.3, 0.4) is 0 Å². The van der Waals surface area contributed by atoms with Gasteiger partial charge in [0.05, 0.1) is 11.4 Å². The molecule has 10 heteroatoms. The number of hydrogen-bond donors (Lipinski definition) is 1. The van der Waals surface area contributed by atoms with Gasteiger partial charge in [0.15, 0.2) is 0 Å². The standard InChI is InChI=1S/C22H26FN5O3S/c1-15-21(16(2)26(3)25-15)32(30,31)28-10-4-9-27(11-12-28)22(29)20-13-18(14-24-20)17-5-7-19(23)8-6-17/h5-8,13-14,24H,4,9-12H2,1-3H3. The Morgan fingerprint density at radius 2 is 1.78 bits per heavy atom. The van der Waals surface area contributed by atoms with Crippen LogP contribution in [0.15, 0.2) is 41.4 Å². The first-order valence-electron chi connectivity index (χ1n) is 10.4. The number of aromatic nitrogens is 3. The minimum absolute atomic E-state index is 0.189. The Kier molecular flexibility index (Phi) is 5.91. The molecule has 1 aromatic carbocycles. The first-order valence-corrected chi connectivity index (χ1v) is 11.9. The summed E-state index contributed by atoms with van der Waals surface area (Å²) in [5, 5.41) is 4.23. The molecule has 1 aliphatic rings. The van der Waals surface area contributed by atoms with Crippen LogP contribution in [-0.2, 0) is 17.1 Å². The highest BCUT2D eigenvalue weighted by Gasteiger charge is 2.32. The molecule has 0 atom stereocenters. The summed E-state index contributed by atoms with van der Waals surface area (Å²) in [6, 6.07) is 7.80. The van der Waals surface area contributed by atoms with E-state index >= 15 is 0 Å². The SMILES string of the molecule is Cc1nn(C)c(C)c1S(=O)(=O)N1CCCN(C(=O)c2cc(-c3ccc(F)cc3)c[nH]2)CC1. The Balaban J connectivity index is 1.49. The number of carbonyl (C=O) groups excluding carboxylic acids is 1. The second-order valence-corrected chi connectivity index (χ2v) is 9.86. The highest BCUT2D eigenvalue weighted by Crippen LogP contribution is 2.25. The van der Waals surface area contributed by atoms with E-state index in [1.165, 1.54) is 16.4 Å². The average molecular weight is 460 g/mol. The van der Waals surface area contributed by atoms with Crippen molar-refractivity contribution in [2.24, 2.45) is 7.05 Å². The second-order valence-electron chi connectivity index (χ2n) is 7.98. The van der Waals surface area contributed by atoms with Crippen LogP contribution in [-0.4, -0.2) is 64.5 Å². The number of hydrogen-bond acceptors (Lipinski definition) is 4. The molecule has 32 heavy (non-hydrogen) atoms. The fourth-order valence-electron chi connectivity index (χ4n) is 4.09. The molecule has 0 saturated carbocycles. The number of nitrogens with zero attached hydrogens (tertiary/aromatic N) is 4. The molecule has 1 aliphatic heterocycles. The van der Waals surface area contributed by atoms with Crippen molar-refractivity contribution in [1.82, 2.24) is 24.0 Å². The molecular formula is C22H26FN5O3S. The van der Waals surface area contributed by atoms with Gasteiger partial charge < -0.3 is 9.88 Å². The first-order chi connectivity index (χ1) is 15.2. The lowest BCUT2D eigenvalue weighted by Gasteiger charge is -2.21. The predicted molar refractivity (Wildman–Crippen MR) is 118 cm³/mol. The number of rotatable bonds is 4. The molecule has 0 bridgehead atoms.